The van der Waals surface area contributed by atoms with Gasteiger partial charge in [0, 0.05) is 10.5 Å². The fourth-order valence-electron chi connectivity index (χ4n) is 2.47. The third-order valence-electron chi connectivity index (χ3n) is 3.65. The number of hydrogen-bond acceptors (Lipinski definition) is 4. The predicted molar refractivity (Wildman–Crippen MR) is 82.4 cm³/mol. The van der Waals surface area contributed by atoms with Crippen LogP contribution in [0.2, 0.25) is 0 Å². The maximum Gasteiger partial charge on any atom is 0.323 e. The highest BCUT2D eigenvalue weighted by molar-refractivity contribution is 9.10. The Morgan fingerprint density at radius 3 is 2.76 bits per heavy atom. The third-order valence-corrected chi connectivity index (χ3v) is 4.31. The first-order chi connectivity index (χ1) is 10.1. The molecule has 1 saturated heterocycles. The zero-order chi connectivity index (χ0) is 15.0. The molecular formula is C13H15BrN4O3. The van der Waals surface area contributed by atoms with Crippen LogP contribution in [0.3, 0.4) is 0 Å². The molecule has 0 bridgehead atoms. The fourth-order valence-corrected chi connectivity index (χ4v) is 2.92. The number of aromatic amines is 2. The summed E-state index contributed by atoms with van der Waals surface area (Å²) in [4.78, 5) is 29.0. The second kappa shape index (κ2) is 5.63. The number of fused-ring (bicyclic) bond motifs is 1. The topological polar surface area (TPSA) is 99.0 Å². The van der Waals surface area contributed by atoms with Crippen LogP contribution in [0.25, 0.3) is 11.0 Å². The van der Waals surface area contributed by atoms with Gasteiger partial charge in [-0.15, -0.1) is 0 Å². The highest BCUT2D eigenvalue weighted by Crippen LogP contribution is 2.27. The number of rotatable bonds is 3. The molecule has 1 aliphatic rings. The van der Waals surface area contributed by atoms with Crippen molar-refractivity contribution in [1.82, 2.24) is 15.3 Å². The summed E-state index contributed by atoms with van der Waals surface area (Å²) in [6.07, 6.45) is 0. The molecule has 1 aliphatic heterocycles. The number of carbonyl (C=O) groups excluding carboxylic acids is 1. The van der Waals surface area contributed by atoms with Crippen LogP contribution in [0.15, 0.2) is 21.4 Å². The van der Waals surface area contributed by atoms with Gasteiger partial charge in [-0.1, -0.05) is 0 Å². The highest BCUT2D eigenvalue weighted by atomic mass is 79.9. The van der Waals surface area contributed by atoms with Crippen LogP contribution in [0, 0.1) is 5.92 Å². The SMILES string of the molecule is CNC1COCC1C(=O)Nc1cc2[nH]c(=O)[nH]c2cc1Br. The maximum atomic E-state index is 12.3. The predicted octanol–water partition coefficient (Wildman–Crippen LogP) is 0.792. The van der Waals surface area contributed by atoms with Crippen molar-refractivity contribution < 1.29 is 9.53 Å². The van der Waals surface area contributed by atoms with Crippen molar-refractivity contribution in [2.45, 2.75) is 6.04 Å². The van der Waals surface area contributed by atoms with Gasteiger partial charge in [0.15, 0.2) is 0 Å². The number of hydrogen-bond donors (Lipinski definition) is 4. The minimum absolute atomic E-state index is 0.0135. The van der Waals surface area contributed by atoms with Crippen LogP contribution < -0.4 is 16.3 Å². The summed E-state index contributed by atoms with van der Waals surface area (Å²) in [6.45, 7) is 0.929. The largest absolute Gasteiger partial charge is 0.379 e. The second-order valence-electron chi connectivity index (χ2n) is 4.99. The zero-order valence-electron chi connectivity index (χ0n) is 11.3. The van der Waals surface area contributed by atoms with E-state index in [0.717, 1.165) is 0 Å². The molecule has 1 amide bonds. The van der Waals surface area contributed by atoms with E-state index in [9.17, 15) is 9.59 Å². The average Bonchev–Trinajstić information content (AvgIpc) is 3.04. The van der Waals surface area contributed by atoms with Gasteiger partial charge in [0.1, 0.15) is 0 Å². The van der Waals surface area contributed by atoms with E-state index in [1.165, 1.54) is 0 Å². The molecule has 4 N–H and O–H groups in total. The molecule has 1 fully saturated rings. The van der Waals surface area contributed by atoms with Crippen molar-refractivity contribution in [2.75, 3.05) is 25.6 Å². The Morgan fingerprint density at radius 1 is 1.33 bits per heavy atom. The number of nitrogens with one attached hydrogen (secondary N) is 4. The molecule has 3 rings (SSSR count). The lowest BCUT2D eigenvalue weighted by molar-refractivity contribution is -0.120. The van der Waals surface area contributed by atoms with Gasteiger partial charge >= 0.3 is 5.69 Å². The molecule has 112 valence electrons. The molecule has 7 nitrogen and oxygen atoms in total. The number of carbonyl (C=O) groups is 1. The van der Waals surface area contributed by atoms with Crippen molar-refractivity contribution in [3.05, 3.63) is 27.1 Å². The van der Waals surface area contributed by atoms with Crippen LogP contribution in [0.1, 0.15) is 0 Å². The van der Waals surface area contributed by atoms with Gasteiger partial charge in [-0.2, -0.15) is 0 Å². The molecule has 2 heterocycles. The number of H-pyrrole nitrogens is 2. The monoisotopic (exact) mass is 354 g/mol. The van der Waals surface area contributed by atoms with E-state index >= 15 is 0 Å². The number of ether oxygens (including phenoxy) is 1. The lowest BCUT2D eigenvalue weighted by atomic mass is 10.0. The number of anilines is 1. The third kappa shape index (κ3) is 2.74. The van der Waals surface area contributed by atoms with Crippen LogP contribution in [-0.4, -0.2) is 42.2 Å². The standard InChI is InChI=1S/C13H15BrN4O3/c1-15-11-5-21-4-6(11)12(19)16-8-3-10-9(2-7(8)14)17-13(20)18-10/h2-3,6,11,15H,4-5H2,1H3,(H,16,19)(H2,17,18,20). The quantitative estimate of drug-likeness (QED) is 0.654. The Morgan fingerprint density at radius 2 is 2.05 bits per heavy atom. The summed E-state index contributed by atoms with van der Waals surface area (Å²) < 4.78 is 6.04. The molecule has 2 aromatic rings. The van der Waals surface area contributed by atoms with Gasteiger partial charge in [-0.05, 0) is 35.1 Å². The number of imidazole rings is 1. The molecule has 0 aliphatic carbocycles. The Bertz CT molecular complexity index is 739. The van der Waals surface area contributed by atoms with Gasteiger partial charge in [-0.3, -0.25) is 4.79 Å². The molecule has 2 unspecified atom stereocenters. The Hall–Kier alpha value is -1.64. The summed E-state index contributed by atoms with van der Waals surface area (Å²) in [7, 11) is 1.81. The Kier molecular flexibility index (Phi) is 3.83. The molecule has 1 aromatic heterocycles. The van der Waals surface area contributed by atoms with Crippen LogP contribution >= 0.6 is 15.9 Å². The minimum atomic E-state index is -0.278. The lowest BCUT2D eigenvalue weighted by Crippen LogP contribution is -2.39. The molecule has 8 heteroatoms. The van der Waals surface area contributed by atoms with E-state index in [1.54, 1.807) is 12.1 Å². The van der Waals surface area contributed by atoms with Crippen molar-refractivity contribution >= 4 is 38.6 Å². The molecular weight excluding hydrogens is 340 g/mol. The van der Waals surface area contributed by atoms with Gasteiger partial charge in [0.25, 0.3) is 0 Å². The summed E-state index contributed by atoms with van der Waals surface area (Å²) in [5.41, 5.74) is 1.66. The van der Waals surface area contributed by atoms with Gasteiger partial charge in [0.05, 0.1) is 35.9 Å². The van der Waals surface area contributed by atoms with Gasteiger partial charge in [-0.25, -0.2) is 4.79 Å². The van der Waals surface area contributed by atoms with Gasteiger partial charge < -0.3 is 25.3 Å². The second-order valence-corrected chi connectivity index (χ2v) is 5.84. The minimum Gasteiger partial charge on any atom is -0.379 e. The first-order valence-electron chi connectivity index (χ1n) is 6.56. The maximum absolute atomic E-state index is 12.3. The Balaban J connectivity index is 1.85. The van der Waals surface area contributed by atoms with Crippen LogP contribution in [0.5, 0.6) is 0 Å². The molecule has 1 aromatic carbocycles. The summed E-state index contributed by atoms with van der Waals surface area (Å²) >= 11 is 3.40. The van der Waals surface area contributed by atoms with E-state index in [4.69, 9.17) is 4.74 Å². The first kappa shape index (κ1) is 14.3. The smallest absolute Gasteiger partial charge is 0.323 e. The lowest BCUT2D eigenvalue weighted by Gasteiger charge is -2.17. The van der Waals surface area contributed by atoms with E-state index in [2.05, 4.69) is 36.5 Å². The first-order valence-corrected chi connectivity index (χ1v) is 7.35. The number of amides is 1. The number of likely N-dealkylation sites (N-methyl/N-ethyl adjacent to an activating group) is 1. The molecule has 0 saturated carbocycles. The fraction of sp³-hybridized carbons (Fsp3) is 0.385. The zero-order valence-corrected chi connectivity index (χ0v) is 12.9. The van der Waals surface area contributed by atoms with Crippen molar-refractivity contribution in [1.29, 1.82) is 0 Å². The van der Waals surface area contributed by atoms with Crippen molar-refractivity contribution in [3.63, 3.8) is 0 Å². The summed E-state index contributed by atoms with van der Waals surface area (Å²) in [5.74, 6) is -0.340. The molecule has 21 heavy (non-hydrogen) atoms. The summed E-state index contributed by atoms with van der Waals surface area (Å²) in [6, 6.07) is 3.49. The normalized spacial score (nSPS) is 21.8. The Labute approximate surface area is 128 Å². The average molecular weight is 355 g/mol. The number of aromatic nitrogens is 2. The van der Waals surface area contributed by atoms with E-state index in [0.29, 0.717) is 34.4 Å². The van der Waals surface area contributed by atoms with Crippen LogP contribution in [0.4, 0.5) is 5.69 Å². The van der Waals surface area contributed by atoms with E-state index in [-0.39, 0.29) is 23.6 Å². The highest BCUT2D eigenvalue weighted by Gasteiger charge is 2.33. The number of halogens is 1. The molecule has 2 atom stereocenters. The van der Waals surface area contributed by atoms with Crippen LogP contribution in [-0.2, 0) is 9.53 Å². The van der Waals surface area contributed by atoms with Crippen molar-refractivity contribution in [3.8, 4) is 0 Å². The molecule has 0 radical (unpaired) electrons. The van der Waals surface area contributed by atoms with Gasteiger partial charge in [0.2, 0.25) is 5.91 Å². The number of benzene rings is 1. The van der Waals surface area contributed by atoms with Crippen molar-refractivity contribution in [2.24, 2.45) is 5.92 Å². The summed E-state index contributed by atoms with van der Waals surface area (Å²) in [5, 5.41) is 5.95. The van der Waals surface area contributed by atoms with E-state index < -0.39 is 0 Å². The van der Waals surface area contributed by atoms with E-state index in [1.807, 2.05) is 7.05 Å². The molecule has 0 spiro atoms.